The molecule has 104 valence electrons. The summed E-state index contributed by atoms with van der Waals surface area (Å²) in [5.74, 6) is 0. The zero-order chi connectivity index (χ0) is 14.3. The van der Waals surface area contributed by atoms with Gasteiger partial charge in [-0.25, -0.2) is 0 Å². The van der Waals surface area contributed by atoms with Crippen LogP contribution in [0.5, 0.6) is 0 Å². The molecule has 0 aromatic heterocycles. The van der Waals surface area contributed by atoms with Crippen molar-refractivity contribution in [2.24, 2.45) is 0 Å². The number of hydrogen-bond donors (Lipinski definition) is 0. The van der Waals surface area contributed by atoms with Gasteiger partial charge in [-0.3, -0.25) is 0 Å². The van der Waals surface area contributed by atoms with Gasteiger partial charge in [-0.15, -0.1) is 0 Å². The Bertz CT molecular complexity index is 450. The summed E-state index contributed by atoms with van der Waals surface area (Å²) in [6, 6.07) is 6.58. The zero-order valence-corrected chi connectivity index (χ0v) is 13.0. The summed E-state index contributed by atoms with van der Waals surface area (Å²) >= 11 is 0. The Morgan fingerprint density at radius 3 is 1.89 bits per heavy atom. The molecule has 0 spiro atoms. The Morgan fingerprint density at radius 2 is 1.42 bits per heavy atom. The molecule has 1 fully saturated rings. The third kappa shape index (κ3) is 2.59. The maximum atomic E-state index is 6.10. The summed E-state index contributed by atoms with van der Waals surface area (Å²) in [6.07, 6.45) is 2.13. The first-order chi connectivity index (χ1) is 8.80. The van der Waals surface area contributed by atoms with Crippen LogP contribution in [0, 0.1) is 0 Å². The Hall–Kier alpha value is -0.795. The second kappa shape index (κ2) is 4.95. The van der Waals surface area contributed by atoms with Crippen LogP contribution in [-0.4, -0.2) is 18.3 Å². The van der Waals surface area contributed by atoms with E-state index in [0.717, 1.165) is 18.3 Å². The Kier molecular flexibility index (Phi) is 3.81. The first-order valence-corrected chi connectivity index (χ1v) is 7.28. The number of benzene rings is 1. The topological polar surface area (TPSA) is 18.5 Å². The molecular formula is C16H25BO2. The SMILES string of the molecule is CCc1ccc(B2OC(C)(C)C(C)(C)O2)cc1CC. The second-order valence-corrected chi connectivity index (χ2v) is 6.32. The van der Waals surface area contributed by atoms with Crippen LogP contribution in [0.15, 0.2) is 18.2 Å². The molecule has 0 atom stereocenters. The summed E-state index contributed by atoms with van der Waals surface area (Å²) in [5.41, 5.74) is 3.41. The van der Waals surface area contributed by atoms with Gasteiger partial charge in [-0.2, -0.15) is 0 Å². The smallest absolute Gasteiger partial charge is 0.399 e. The largest absolute Gasteiger partial charge is 0.494 e. The van der Waals surface area contributed by atoms with Crippen molar-refractivity contribution in [1.82, 2.24) is 0 Å². The molecule has 0 unspecified atom stereocenters. The van der Waals surface area contributed by atoms with E-state index < -0.39 is 0 Å². The lowest BCUT2D eigenvalue weighted by atomic mass is 9.77. The van der Waals surface area contributed by atoms with Gasteiger partial charge in [0.15, 0.2) is 0 Å². The van der Waals surface area contributed by atoms with Gasteiger partial charge in [0.25, 0.3) is 0 Å². The van der Waals surface area contributed by atoms with Crippen molar-refractivity contribution in [2.75, 3.05) is 0 Å². The lowest BCUT2D eigenvalue weighted by Crippen LogP contribution is -2.41. The van der Waals surface area contributed by atoms with E-state index in [2.05, 4.69) is 59.7 Å². The van der Waals surface area contributed by atoms with Crippen molar-refractivity contribution >= 4 is 12.6 Å². The third-order valence-corrected chi connectivity index (χ3v) is 4.52. The summed E-state index contributed by atoms with van der Waals surface area (Å²) in [6.45, 7) is 12.8. The van der Waals surface area contributed by atoms with Crippen LogP contribution in [0.4, 0.5) is 0 Å². The van der Waals surface area contributed by atoms with Gasteiger partial charge in [0.2, 0.25) is 0 Å². The number of rotatable bonds is 3. The van der Waals surface area contributed by atoms with Crippen molar-refractivity contribution in [3.05, 3.63) is 29.3 Å². The van der Waals surface area contributed by atoms with Gasteiger partial charge < -0.3 is 9.31 Å². The Morgan fingerprint density at radius 1 is 0.895 bits per heavy atom. The summed E-state index contributed by atoms with van der Waals surface area (Å²) in [7, 11) is -0.249. The monoisotopic (exact) mass is 260 g/mol. The summed E-state index contributed by atoms with van der Waals surface area (Å²) in [5, 5.41) is 0. The van der Waals surface area contributed by atoms with Crippen LogP contribution in [0.3, 0.4) is 0 Å². The van der Waals surface area contributed by atoms with E-state index in [9.17, 15) is 0 Å². The van der Waals surface area contributed by atoms with Crippen molar-refractivity contribution in [2.45, 2.75) is 65.6 Å². The maximum Gasteiger partial charge on any atom is 0.494 e. The molecule has 1 aliphatic rings. The highest BCUT2D eigenvalue weighted by Crippen LogP contribution is 2.36. The van der Waals surface area contributed by atoms with Crippen LogP contribution in [0.2, 0.25) is 0 Å². The van der Waals surface area contributed by atoms with Crippen LogP contribution >= 0.6 is 0 Å². The highest BCUT2D eigenvalue weighted by Gasteiger charge is 2.51. The van der Waals surface area contributed by atoms with E-state index in [-0.39, 0.29) is 18.3 Å². The minimum atomic E-state index is -0.270. The maximum absolute atomic E-state index is 6.10. The van der Waals surface area contributed by atoms with Gasteiger partial charge >= 0.3 is 7.12 Å². The molecule has 1 aliphatic heterocycles. The summed E-state index contributed by atoms with van der Waals surface area (Å²) in [4.78, 5) is 0. The lowest BCUT2D eigenvalue weighted by molar-refractivity contribution is 0.00578. The minimum Gasteiger partial charge on any atom is -0.399 e. The van der Waals surface area contributed by atoms with E-state index in [4.69, 9.17) is 9.31 Å². The fourth-order valence-corrected chi connectivity index (χ4v) is 2.45. The predicted octanol–water partition coefficient (Wildman–Crippen LogP) is 3.11. The molecule has 1 heterocycles. The summed E-state index contributed by atoms with van der Waals surface area (Å²) < 4.78 is 12.2. The first kappa shape index (κ1) is 14.6. The van der Waals surface area contributed by atoms with Gasteiger partial charge in [0, 0.05) is 0 Å². The average Bonchev–Trinajstić information content (AvgIpc) is 2.57. The molecule has 19 heavy (non-hydrogen) atoms. The van der Waals surface area contributed by atoms with Gasteiger partial charge in [0.05, 0.1) is 11.2 Å². The normalized spacial score (nSPS) is 20.8. The number of aryl methyl sites for hydroxylation is 2. The van der Waals surface area contributed by atoms with Crippen molar-refractivity contribution < 1.29 is 9.31 Å². The van der Waals surface area contributed by atoms with E-state index >= 15 is 0 Å². The predicted molar refractivity (Wildman–Crippen MR) is 80.9 cm³/mol. The van der Waals surface area contributed by atoms with E-state index in [1.807, 2.05) is 0 Å². The zero-order valence-electron chi connectivity index (χ0n) is 13.0. The van der Waals surface area contributed by atoms with Crippen LogP contribution in [-0.2, 0) is 22.2 Å². The minimum absolute atomic E-state index is 0.249. The molecule has 0 saturated carbocycles. The fourth-order valence-electron chi connectivity index (χ4n) is 2.45. The van der Waals surface area contributed by atoms with Crippen LogP contribution < -0.4 is 5.46 Å². The van der Waals surface area contributed by atoms with E-state index in [1.165, 1.54) is 11.1 Å². The molecule has 0 aliphatic carbocycles. The molecule has 1 aromatic carbocycles. The van der Waals surface area contributed by atoms with Gasteiger partial charge in [0.1, 0.15) is 0 Å². The average molecular weight is 260 g/mol. The quantitative estimate of drug-likeness (QED) is 0.777. The lowest BCUT2D eigenvalue weighted by Gasteiger charge is -2.32. The Balaban J connectivity index is 2.30. The highest BCUT2D eigenvalue weighted by molar-refractivity contribution is 6.62. The van der Waals surface area contributed by atoms with Crippen molar-refractivity contribution in [3.8, 4) is 0 Å². The first-order valence-electron chi connectivity index (χ1n) is 7.28. The Labute approximate surface area is 117 Å². The molecule has 0 amide bonds. The van der Waals surface area contributed by atoms with Crippen LogP contribution in [0.25, 0.3) is 0 Å². The standard InChI is InChI=1S/C16H25BO2/c1-7-12-9-10-14(11-13(12)8-2)17-18-15(3,4)16(5,6)19-17/h9-11H,7-8H2,1-6H3. The van der Waals surface area contributed by atoms with Crippen LogP contribution in [0.1, 0.15) is 52.7 Å². The van der Waals surface area contributed by atoms with Crippen molar-refractivity contribution in [1.29, 1.82) is 0 Å². The molecular weight excluding hydrogens is 235 g/mol. The number of hydrogen-bond acceptors (Lipinski definition) is 2. The van der Waals surface area contributed by atoms with Gasteiger partial charge in [-0.05, 0) is 57.1 Å². The second-order valence-electron chi connectivity index (χ2n) is 6.32. The third-order valence-electron chi connectivity index (χ3n) is 4.52. The molecule has 0 bridgehead atoms. The molecule has 0 radical (unpaired) electrons. The highest BCUT2D eigenvalue weighted by atomic mass is 16.7. The molecule has 3 heteroatoms. The molecule has 1 saturated heterocycles. The fraction of sp³-hybridized carbons (Fsp3) is 0.625. The van der Waals surface area contributed by atoms with E-state index in [0.29, 0.717) is 0 Å². The molecule has 0 N–H and O–H groups in total. The molecule has 1 aromatic rings. The molecule has 2 rings (SSSR count). The van der Waals surface area contributed by atoms with Crippen molar-refractivity contribution in [3.63, 3.8) is 0 Å². The molecule has 2 nitrogen and oxygen atoms in total. The van der Waals surface area contributed by atoms with E-state index in [1.54, 1.807) is 0 Å². The van der Waals surface area contributed by atoms with Gasteiger partial charge in [-0.1, -0.05) is 32.0 Å².